The molecule has 0 aromatic heterocycles. The molecule has 2 fully saturated rings. The Bertz CT molecular complexity index is 405. The Labute approximate surface area is 107 Å². The average molecular weight is 252 g/mol. The molecule has 1 aromatic carbocycles. The molecule has 2 aliphatic rings. The van der Waals surface area contributed by atoms with E-state index in [-0.39, 0.29) is 0 Å². The zero-order valence-electron chi connectivity index (χ0n) is 9.90. The molecule has 3 rings (SSSR count). The normalized spacial score (nSPS) is 36.1. The molecule has 17 heavy (non-hydrogen) atoms. The van der Waals surface area contributed by atoms with E-state index >= 15 is 0 Å². The number of nitrogens with zero attached hydrogens (tertiary/aromatic N) is 1. The first-order valence-electron chi connectivity index (χ1n) is 6.35. The number of hydrogen-bond acceptors (Lipinski definition) is 2. The summed E-state index contributed by atoms with van der Waals surface area (Å²) in [4.78, 5) is 2.46. The molecule has 1 aromatic rings. The zero-order chi connectivity index (χ0) is 11.9. The van der Waals surface area contributed by atoms with Gasteiger partial charge in [-0.2, -0.15) is 0 Å². The molecule has 2 aliphatic heterocycles. The predicted octanol–water partition coefficient (Wildman–Crippen LogP) is 2.34. The lowest BCUT2D eigenvalue weighted by atomic mass is 9.78. The highest BCUT2D eigenvalue weighted by molar-refractivity contribution is 6.30. The van der Waals surface area contributed by atoms with Gasteiger partial charge in [0.15, 0.2) is 0 Å². The van der Waals surface area contributed by atoms with Crippen molar-refractivity contribution < 1.29 is 5.11 Å². The first kappa shape index (κ1) is 11.5. The van der Waals surface area contributed by atoms with Gasteiger partial charge < -0.3 is 10.0 Å². The summed E-state index contributed by atoms with van der Waals surface area (Å²) in [6.07, 6.45) is 2.81. The highest BCUT2D eigenvalue weighted by Crippen LogP contribution is 2.37. The molecule has 3 atom stereocenters. The summed E-state index contributed by atoms with van der Waals surface area (Å²) in [6, 6.07) is 7.87. The summed E-state index contributed by atoms with van der Waals surface area (Å²) < 4.78 is 0. The number of aliphatic hydroxyl groups is 1. The van der Waals surface area contributed by atoms with Crippen LogP contribution in [-0.4, -0.2) is 35.2 Å². The van der Waals surface area contributed by atoms with Crippen LogP contribution in [0.3, 0.4) is 0 Å². The van der Waals surface area contributed by atoms with Gasteiger partial charge in [0.2, 0.25) is 0 Å². The quantitative estimate of drug-likeness (QED) is 0.872. The van der Waals surface area contributed by atoms with E-state index in [0.717, 1.165) is 43.9 Å². The molecule has 92 valence electrons. The van der Waals surface area contributed by atoms with Crippen molar-refractivity contribution in [2.24, 2.45) is 5.92 Å². The smallest absolute Gasteiger partial charge is 0.0740 e. The van der Waals surface area contributed by atoms with E-state index in [4.69, 9.17) is 11.6 Å². The maximum atomic E-state index is 10.8. The molecule has 2 saturated heterocycles. The Hall–Kier alpha value is -0.570. The number of halogens is 1. The first-order chi connectivity index (χ1) is 8.16. The van der Waals surface area contributed by atoms with Crippen LogP contribution >= 0.6 is 11.6 Å². The number of hydrogen-bond donors (Lipinski definition) is 1. The Balaban J connectivity index is 1.77. The summed E-state index contributed by atoms with van der Waals surface area (Å²) in [5.41, 5.74) is 0.693. The van der Waals surface area contributed by atoms with Crippen LogP contribution in [0.2, 0.25) is 5.02 Å². The van der Waals surface area contributed by atoms with E-state index < -0.39 is 5.60 Å². The molecule has 0 radical (unpaired) electrons. The van der Waals surface area contributed by atoms with E-state index in [2.05, 4.69) is 4.90 Å². The summed E-state index contributed by atoms with van der Waals surface area (Å²) in [6.45, 7) is 3.28. The number of piperidine rings is 1. The molecule has 2 nitrogen and oxygen atoms in total. The third-order valence-electron chi connectivity index (χ3n) is 4.32. The van der Waals surface area contributed by atoms with Gasteiger partial charge in [0, 0.05) is 30.5 Å². The number of benzene rings is 1. The lowest BCUT2D eigenvalue weighted by Gasteiger charge is -2.39. The standard InChI is InChI=1S/C14H18ClNO/c15-13-3-1-11(2-4-13)9-14(17)6-8-16-7-5-12(14)10-16/h1-4,12,17H,5-10H2. The summed E-state index contributed by atoms with van der Waals surface area (Å²) in [5, 5.41) is 11.6. The van der Waals surface area contributed by atoms with Crippen LogP contribution < -0.4 is 0 Å². The monoisotopic (exact) mass is 251 g/mol. The second-order valence-electron chi connectivity index (χ2n) is 5.44. The van der Waals surface area contributed by atoms with Crippen molar-refractivity contribution >= 4 is 11.6 Å². The van der Waals surface area contributed by atoms with Gasteiger partial charge in [0.05, 0.1) is 5.60 Å². The molecule has 0 spiro atoms. The summed E-state index contributed by atoms with van der Waals surface area (Å²) in [5.74, 6) is 0.451. The van der Waals surface area contributed by atoms with Gasteiger partial charge in [-0.3, -0.25) is 0 Å². The van der Waals surface area contributed by atoms with Gasteiger partial charge in [-0.1, -0.05) is 23.7 Å². The van der Waals surface area contributed by atoms with Crippen LogP contribution in [0.25, 0.3) is 0 Å². The molecule has 2 bridgehead atoms. The SMILES string of the molecule is OC1(Cc2ccc(Cl)cc2)CCN2CCC1C2. The minimum Gasteiger partial charge on any atom is -0.389 e. The minimum absolute atomic E-state index is 0.451. The summed E-state index contributed by atoms with van der Waals surface area (Å²) >= 11 is 5.88. The van der Waals surface area contributed by atoms with Crippen molar-refractivity contribution in [3.8, 4) is 0 Å². The van der Waals surface area contributed by atoms with Crippen LogP contribution in [0, 0.1) is 5.92 Å². The maximum Gasteiger partial charge on any atom is 0.0740 e. The van der Waals surface area contributed by atoms with E-state index in [0.29, 0.717) is 5.92 Å². The van der Waals surface area contributed by atoms with Gasteiger partial charge in [-0.25, -0.2) is 0 Å². The molecule has 0 amide bonds. The fraction of sp³-hybridized carbons (Fsp3) is 0.571. The topological polar surface area (TPSA) is 23.5 Å². The fourth-order valence-electron chi connectivity index (χ4n) is 3.22. The van der Waals surface area contributed by atoms with Crippen LogP contribution in [0.4, 0.5) is 0 Å². The van der Waals surface area contributed by atoms with Crippen LogP contribution in [0.1, 0.15) is 18.4 Å². The van der Waals surface area contributed by atoms with Crippen molar-refractivity contribution in [3.63, 3.8) is 0 Å². The van der Waals surface area contributed by atoms with Gasteiger partial charge in [-0.15, -0.1) is 0 Å². The minimum atomic E-state index is -0.499. The highest BCUT2D eigenvalue weighted by atomic mass is 35.5. The zero-order valence-corrected chi connectivity index (χ0v) is 10.7. The van der Waals surface area contributed by atoms with Gasteiger partial charge in [-0.05, 0) is 37.1 Å². The average Bonchev–Trinajstić information content (AvgIpc) is 2.74. The summed E-state index contributed by atoms with van der Waals surface area (Å²) in [7, 11) is 0. The van der Waals surface area contributed by atoms with E-state index in [1.54, 1.807) is 0 Å². The molecular formula is C14H18ClNO. The molecule has 0 aliphatic carbocycles. The van der Waals surface area contributed by atoms with Crippen molar-refractivity contribution in [1.82, 2.24) is 4.90 Å². The Kier molecular flexibility index (Phi) is 2.89. The van der Waals surface area contributed by atoms with E-state index in [1.807, 2.05) is 24.3 Å². The number of fused-ring (bicyclic) bond motifs is 2. The largest absolute Gasteiger partial charge is 0.389 e. The molecule has 0 saturated carbocycles. The third-order valence-corrected chi connectivity index (χ3v) is 4.57. The van der Waals surface area contributed by atoms with E-state index in [9.17, 15) is 5.11 Å². The molecule has 2 heterocycles. The molecular weight excluding hydrogens is 234 g/mol. The third kappa shape index (κ3) is 2.22. The highest BCUT2D eigenvalue weighted by Gasteiger charge is 2.44. The van der Waals surface area contributed by atoms with Crippen LogP contribution in [0.15, 0.2) is 24.3 Å². The van der Waals surface area contributed by atoms with Gasteiger partial charge in [0.1, 0.15) is 0 Å². The van der Waals surface area contributed by atoms with Crippen molar-refractivity contribution in [1.29, 1.82) is 0 Å². The van der Waals surface area contributed by atoms with Gasteiger partial charge >= 0.3 is 0 Å². The Morgan fingerprint density at radius 1 is 1.29 bits per heavy atom. The molecule has 3 heteroatoms. The van der Waals surface area contributed by atoms with Gasteiger partial charge in [0.25, 0.3) is 0 Å². The van der Waals surface area contributed by atoms with Crippen molar-refractivity contribution in [2.45, 2.75) is 24.9 Å². The van der Waals surface area contributed by atoms with Crippen LogP contribution in [0.5, 0.6) is 0 Å². The Morgan fingerprint density at radius 3 is 2.82 bits per heavy atom. The van der Waals surface area contributed by atoms with Crippen molar-refractivity contribution in [3.05, 3.63) is 34.9 Å². The second kappa shape index (κ2) is 4.27. The van der Waals surface area contributed by atoms with Crippen LogP contribution in [-0.2, 0) is 6.42 Å². The van der Waals surface area contributed by atoms with E-state index in [1.165, 1.54) is 5.56 Å². The second-order valence-corrected chi connectivity index (χ2v) is 5.88. The lowest BCUT2D eigenvalue weighted by Crippen LogP contribution is -2.47. The van der Waals surface area contributed by atoms with Crippen molar-refractivity contribution in [2.75, 3.05) is 19.6 Å². The molecule has 3 unspecified atom stereocenters. The molecule has 1 N–H and O–H groups in total. The lowest BCUT2D eigenvalue weighted by molar-refractivity contribution is -0.0438. The number of rotatable bonds is 2. The first-order valence-corrected chi connectivity index (χ1v) is 6.73. The predicted molar refractivity (Wildman–Crippen MR) is 69.3 cm³/mol. The fourth-order valence-corrected chi connectivity index (χ4v) is 3.34. The maximum absolute atomic E-state index is 10.8. The Morgan fingerprint density at radius 2 is 2.06 bits per heavy atom.